The minimum atomic E-state index is -0.369. The van der Waals surface area contributed by atoms with Crippen molar-refractivity contribution in [1.82, 2.24) is 9.78 Å². The summed E-state index contributed by atoms with van der Waals surface area (Å²) in [5.41, 5.74) is 3.68. The van der Waals surface area contributed by atoms with E-state index in [0.717, 1.165) is 32.4 Å². The van der Waals surface area contributed by atoms with Gasteiger partial charge in [-0.3, -0.25) is 4.68 Å². The summed E-state index contributed by atoms with van der Waals surface area (Å²) < 4.78 is 8.15. The monoisotopic (exact) mass is 468 g/mol. The molecular weight excluding hydrogens is 452 g/mol. The van der Waals surface area contributed by atoms with Crippen LogP contribution in [0.25, 0.3) is 11.0 Å². The minimum absolute atomic E-state index is 0.369. The third-order valence-electron chi connectivity index (χ3n) is 4.36. The van der Waals surface area contributed by atoms with E-state index in [1.165, 1.54) is 6.07 Å². The lowest BCUT2D eigenvalue weighted by Gasteiger charge is -2.10. The van der Waals surface area contributed by atoms with Gasteiger partial charge in [0, 0.05) is 33.9 Å². The van der Waals surface area contributed by atoms with Crippen LogP contribution >= 0.6 is 28.1 Å². The fraction of sp³-hybridized carbons (Fsp3) is 0.0952. The average molecular weight is 469 g/mol. The first-order valence-electron chi connectivity index (χ1n) is 8.86. The van der Waals surface area contributed by atoms with Gasteiger partial charge in [-0.2, -0.15) is 5.10 Å². The predicted molar refractivity (Wildman–Crippen MR) is 123 cm³/mol. The number of nitrogens with zero attached hydrogens (tertiary/aromatic N) is 2. The topological polar surface area (TPSA) is 72.1 Å². The van der Waals surface area contributed by atoms with E-state index in [2.05, 4.69) is 31.7 Å². The van der Waals surface area contributed by atoms with Crippen LogP contribution in [0.4, 0.5) is 11.4 Å². The Balaban J connectivity index is 1.42. The van der Waals surface area contributed by atoms with E-state index in [1.54, 1.807) is 12.3 Å². The van der Waals surface area contributed by atoms with Crippen LogP contribution in [0.5, 0.6) is 0 Å². The number of hydrogen-bond acceptors (Lipinski definition) is 4. The molecule has 0 fully saturated rings. The first-order chi connectivity index (χ1) is 14.0. The summed E-state index contributed by atoms with van der Waals surface area (Å²) in [6, 6.07) is 15.1. The highest BCUT2D eigenvalue weighted by atomic mass is 79.9. The quantitative estimate of drug-likeness (QED) is 0.327. The van der Waals surface area contributed by atoms with Crippen LogP contribution < -0.4 is 16.3 Å². The number of halogens is 1. The SMILES string of the molecule is Cc1cc(=O)oc2cc(NC(=S)Nc3cnn(Cc4ccc(Br)cc4)c3)ccc12. The van der Waals surface area contributed by atoms with Crippen LogP contribution in [-0.2, 0) is 6.54 Å². The van der Waals surface area contributed by atoms with Crippen molar-refractivity contribution in [3.05, 3.63) is 86.9 Å². The average Bonchev–Trinajstić information content (AvgIpc) is 3.09. The zero-order valence-electron chi connectivity index (χ0n) is 15.5. The Hall–Kier alpha value is -2.97. The fourth-order valence-electron chi connectivity index (χ4n) is 2.99. The minimum Gasteiger partial charge on any atom is -0.423 e. The molecule has 0 spiro atoms. The molecule has 29 heavy (non-hydrogen) atoms. The van der Waals surface area contributed by atoms with Gasteiger partial charge in [0.15, 0.2) is 5.11 Å². The molecule has 4 aromatic rings. The van der Waals surface area contributed by atoms with Crippen LogP contribution in [0.1, 0.15) is 11.1 Å². The summed E-state index contributed by atoms with van der Waals surface area (Å²) in [6.45, 7) is 2.54. The van der Waals surface area contributed by atoms with Gasteiger partial charge in [-0.25, -0.2) is 4.79 Å². The number of fused-ring (bicyclic) bond motifs is 1. The lowest BCUT2D eigenvalue weighted by Crippen LogP contribution is -2.18. The van der Waals surface area contributed by atoms with Gasteiger partial charge in [-0.15, -0.1) is 0 Å². The molecule has 0 atom stereocenters. The van der Waals surface area contributed by atoms with Crippen molar-refractivity contribution >= 4 is 55.6 Å². The van der Waals surface area contributed by atoms with Crippen molar-refractivity contribution < 1.29 is 4.42 Å². The number of anilines is 2. The highest BCUT2D eigenvalue weighted by Crippen LogP contribution is 2.21. The maximum atomic E-state index is 11.6. The smallest absolute Gasteiger partial charge is 0.336 e. The Labute approximate surface area is 180 Å². The second-order valence-corrected chi connectivity index (χ2v) is 7.92. The summed E-state index contributed by atoms with van der Waals surface area (Å²) in [4.78, 5) is 11.6. The zero-order valence-corrected chi connectivity index (χ0v) is 17.9. The number of thiocarbonyl (C=S) groups is 1. The van der Waals surface area contributed by atoms with E-state index in [-0.39, 0.29) is 5.63 Å². The second kappa shape index (κ2) is 8.18. The van der Waals surface area contributed by atoms with Gasteiger partial charge < -0.3 is 15.1 Å². The molecule has 4 rings (SSSR count). The Kier molecular flexibility index (Phi) is 5.46. The highest BCUT2D eigenvalue weighted by molar-refractivity contribution is 9.10. The molecule has 2 aromatic heterocycles. The van der Waals surface area contributed by atoms with Crippen molar-refractivity contribution in [3.63, 3.8) is 0 Å². The molecule has 6 nitrogen and oxygen atoms in total. The summed E-state index contributed by atoms with van der Waals surface area (Å²) in [6.07, 6.45) is 3.61. The second-order valence-electron chi connectivity index (χ2n) is 6.59. The molecule has 2 heterocycles. The summed E-state index contributed by atoms with van der Waals surface area (Å²) in [5, 5.41) is 11.9. The molecule has 0 radical (unpaired) electrons. The molecule has 146 valence electrons. The maximum Gasteiger partial charge on any atom is 0.336 e. The van der Waals surface area contributed by atoms with Gasteiger partial charge in [0.05, 0.1) is 18.4 Å². The summed E-state index contributed by atoms with van der Waals surface area (Å²) in [7, 11) is 0. The third-order valence-corrected chi connectivity index (χ3v) is 5.09. The molecular formula is C21H17BrN4O2S. The molecule has 0 saturated heterocycles. The van der Waals surface area contributed by atoms with Gasteiger partial charge in [-0.05, 0) is 54.5 Å². The standard InChI is InChI=1S/C21H17BrN4O2S/c1-13-8-20(27)28-19-9-16(6-7-18(13)19)24-21(29)25-17-10-23-26(12-17)11-14-2-4-15(22)5-3-14/h2-10,12H,11H2,1H3,(H2,24,25,29). The van der Waals surface area contributed by atoms with Crippen LogP contribution in [-0.4, -0.2) is 14.9 Å². The molecule has 0 aliphatic carbocycles. The predicted octanol–water partition coefficient (Wildman–Crippen LogP) is 4.92. The molecule has 0 unspecified atom stereocenters. The Morgan fingerprint density at radius 2 is 1.90 bits per heavy atom. The van der Waals surface area contributed by atoms with Gasteiger partial charge in [0.2, 0.25) is 0 Å². The van der Waals surface area contributed by atoms with E-state index in [4.69, 9.17) is 16.6 Å². The zero-order chi connectivity index (χ0) is 20.4. The van der Waals surface area contributed by atoms with Crippen LogP contribution in [0.3, 0.4) is 0 Å². The van der Waals surface area contributed by atoms with Gasteiger partial charge in [0.25, 0.3) is 0 Å². The fourth-order valence-corrected chi connectivity index (χ4v) is 3.49. The number of nitrogens with one attached hydrogen (secondary N) is 2. The summed E-state index contributed by atoms with van der Waals surface area (Å²) in [5.74, 6) is 0. The molecule has 0 bridgehead atoms. The maximum absolute atomic E-state index is 11.6. The molecule has 8 heteroatoms. The van der Waals surface area contributed by atoms with Crippen LogP contribution in [0.2, 0.25) is 0 Å². The van der Waals surface area contributed by atoms with Crippen molar-refractivity contribution in [2.75, 3.05) is 10.6 Å². The molecule has 2 N–H and O–H groups in total. The number of hydrogen-bond donors (Lipinski definition) is 2. The van der Waals surface area contributed by atoms with E-state index < -0.39 is 0 Å². The van der Waals surface area contributed by atoms with E-state index in [1.807, 2.05) is 54.2 Å². The van der Waals surface area contributed by atoms with Crippen molar-refractivity contribution in [2.45, 2.75) is 13.5 Å². The van der Waals surface area contributed by atoms with E-state index in [9.17, 15) is 4.79 Å². The largest absolute Gasteiger partial charge is 0.423 e. The number of aromatic nitrogens is 2. The van der Waals surface area contributed by atoms with Crippen molar-refractivity contribution in [1.29, 1.82) is 0 Å². The van der Waals surface area contributed by atoms with Crippen molar-refractivity contribution in [3.8, 4) is 0 Å². The van der Waals surface area contributed by atoms with E-state index in [0.29, 0.717) is 17.2 Å². The molecule has 0 aliphatic heterocycles. The highest BCUT2D eigenvalue weighted by Gasteiger charge is 2.06. The molecule has 2 aromatic carbocycles. The Bertz CT molecular complexity index is 1250. The molecule has 0 amide bonds. The number of benzene rings is 2. The van der Waals surface area contributed by atoms with Gasteiger partial charge >= 0.3 is 5.63 Å². The first kappa shape index (κ1) is 19.4. The molecule has 0 saturated carbocycles. The van der Waals surface area contributed by atoms with Crippen LogP contribution in [0, 0.1) is 6.92 Å². The van der Waals surface area contributed by atoms with Crippen LogP contribution in [0.15, 0.2) is 74.6 Å². The third kappa shape index (κ3) is 4.72. The number of rotatable bonds is 4. The normalized spacial score (nSPS) is 10.8. The lowest BCUT2D eigenvalue weighted by atomic mass is 10.1. The first-order valence-corrected chi connectivity index (χ1v) is 10.1. The Morgan fingerprint density at radius 1 is 1.14 bits per heavy atom. The van der Waals surface area contributed by atoms with Gasteiger partial charge in [-0.1, -0.05) is 28.1 Å². The summed E-state index contributed by atoms with van der Waals surface area (Å²) >= 11 is 8.82. The van der Waals surface area contributed by atoms with E-state index >= 15 is 0 Å². The molecule has 0 aliphatic rings. The van der Waals surface area contributed by atoms with Gasteiger partial charge in [0.1, 0.15) is 5.58 Å². The van der Waals surface area contributed by atoms with Crippen molar-refractivity contribution in [2.24, 2.45) is 0 Å². The Morgan fingerprint density at radius 3 is 2.69 bits per heavy atom. The number of aryl methyl sites for hydroxylation is 1. The lowest BCUT2D eigenvalue weighted by molar-refractivity contribution is 0.560.